The first-order valence-electron chi connectivity index (χ1n) is 13.0. The highest BCUT2D eigenvalue weighted by molar-refractivity contribution is 5.75. The van der Waals surface area contributed by atoms with E-state index in [2.05, 4.69) is 19.1 Å². The molecule has 0 aromatic heterocycles. The van der Waals surface area contributed by atoms with Gasteiger partial charge in [-0.2, -0.15) is 8.78 Å². The van der Waals surface area contributed by atoms with Crippen molar-refractivity contribution in [3.63, 3.8) is 0 Å². The first-order valence-corrected chi connectivity index (χ1v) is 13.0. The fourth-order valence-corrected chi connectivity index (χ4v) is 5.27. The van der Waals surface area contributed by atoms with Crippen LogP contribution in [0.1, 0.15) is 90.9 Å². The normalized spacial score (nSPS) is 25.8. The van der Waals surface area contributed by atoms with Crippen molar-refractivity contribution in [2.45, 2.75) is 90.9 Å². The van der Waals surface area contributed by atoms with Crippen LogP contribution in [-0.4, -0.2) is 12.6 Å². The van der Waals surface area contributed by atoms with E-state index in [0.717, 1.165) is 31.6 Å². The largest absolute Gasteiger partial charge is 0.491 e. The van der Waals surface area contributed by atoms with Crippen molar-refractivity contribution in [3.05, 3.63) is 35.9 Å². The summed E-state index contributed by atoms with van der Waals surface area (Å²) in [5.41, 5.74) is 0. The van der Waals surface area contributed by atoms with E-state index in [1.165, 1.54) is 63.5 Å². The quantitative estimate of drug-likeness (QED) is 0.153. The van der Waals surface area contributed by atoms with Crippen molar-refractivity contribution in [3.8, 4) is 11.5 Å². The maximum Gasteiger partial charge on any atom is 0.314 e. The summed E-state index contributed by atoms with van der Waals surface area (Å²) in [6, 6.07) is 2.55. The molecule has 1 aromatic carbocycles. The second-order valence-corrected chi connectivity index (χ2v) is 9.82. The summed E-state index contributed by atoms with van der Waals surface area (Å²) in [5, 5.41) is 0. The van der Waals surface area contributed by atoms with Gasteiger partial charge in [-0.1, -0.05) is 44.8 Å². The SMILES string of the molecule is CCCCC[C@H]1CC[C@H](/C=C/C2CCC(C(=O)Oc3ccc(OCC)c(F)c3F)CC2)CC1. The molecule has 0 heterocycles. The molecule has 0 spiro atoms. The Morgan fingerprint density at radius 2 is 1.45 bits per heavy atom. The van der Waals surface area contributed by atoms with E-state index in [9.17, 15) is 13.6 Å². The van der Waals surface area contributed by atoms with E-state index in [4.69, 9.17) is 9.47 Å². The van der Waals surface area contributed by atoms with Gasteiger partial charge in [0.05, 0.1) is 12.5 Å². The maximum atomic E-state index is 14.2. The van der Waals surface area contributed by atoms with Gasteiger partial charge in [-0.3, -0.25) is 4.79 Å². The zero-order valence-electron chi connectivity index (χ0n) is 20.3. The van der Waals surface area contributed by atoms with Crippen LogP contribution in [0, 0.1) is 35.3 Å². The topological polar surface area (TPSA) is 35.5 Å². The third kappa shape index (κ3) is 7.55. The Balaban J connectivity index is 1.40. The predicted molar refractivity (Wildman–Crippen MR) is 127 cm³/mol. The van der Waals surface area contributed by atoms with E-state index in [1.807, 2.05) is 0 Å². The van der Waals surface area contributed by atoms with Crippen molar-refractivity contribution < 1.29 is 23.0 Å². The molecule has 0 unspecified atom stereocenters. The summed E-state index contributed by atoms with van der Waals surface area (Å²) in [5.74, 6) is -1.44. The molecule has 0 amide bonds. The highest BCUT2D eigenvalue weighted by Gasteiger charge is 2.28. The lowest BCUT2D eigenvalue weighted by molar-refractivity contribution is -0.140. The number of carbonyl (C=O) groups excluding carboxylic acids is 1. The van der Waals surface area contributed by atoms with Crippen LogP contribution < -0.4 is 9.47 Å². The van der Waals surface area contributed by atoms with Gasteiger partial charge in [-0.25, -0.2) is 0 Å². The second-order valence-electron chi connectivity index (χ2n) is 9.82. The van der Waals surface area contributed by atoms with Gasteiger partial charge in [-0.15, -0.1) is 0 Å². The van der Waals surface area contributed by atoms with E-state index in [1.54, 1.807) is 6.92 Å². The molecule has 1 aromatic rings. The van der Waals surface area contributed by atoms with Crippen LogP contribution in [0.5, 0.6) is 11.5 Å². The van der Waals surface area contributed by atoms with Crippen LogP contribution in [0.15, 0.2) is 24.3 Å². The van der Waals surface area contributed by atoms with Crippen LogP contribution in [0.3, 0.4) is 0 Å². The average Bonchev–Trinajstić information content (AvgIpc) is 2.84. The second kappa shape index (κ2) is 13.1. The number of benzene rings is 1. The van der Waals surface area contributed by atoms with E-state index < -0.39 is 17.6 Å². The van der Waals surface area contributed by atoms with Gasteiger partial charge < -0.3 is 9.47 Å². The zero-order valence-corrected chi connectivity index (χ0v) is 20.3. The van der Waals surface area contributed by atoms with E-state index in [0.29, 0.717) is 11.8 Å². The van der Waals surface area contributed by atoms with Gasteiger partial charge in [-0.05, 0) is 88.2 Å². The Labute approximate surface area is 197 Å². The van der Waals surface area contributed by atoms with E-state index >= 15 is 0 Å². The number of halogens is 2. The molecule has 0 radical (unpaired) electrons. The molecule has 0 atom stereocenters. The molecule has 5 heteroatoms. The first-order chi connectivity index (χ1) is 16.0. The molecule has 3 rings (SSSR count). The standard InChI is InChI=1S/C28H40F2O3/c1-3-5-6-7-20-8-10-21(11-9-20)12-13-22-14-16-23(17-15-22)28(31)33-25-19-18-24(32-4-2)26(29)27(25)30/h12-13,18-23H,3-11,14-17H2,1-2H3/b13-12+/t20-,21-,22?,23?. The lowest BCUT2D eigenvalue weighted by Crippen LogP contribution is -2.25. The molecule has 2 aliphatic carbocycles. The number of rotatable bonds is 10. The van der Waals surface area contributed by atoms with Gasteiger partial charge >= 0.3 is 5.97 Å². The molecule has 0 bridgehead atoms. The average molecular weight is 463 g/mol. The van der Waals surface area contributed by atoms with Crippen molar-refractivity contribution in [1.82, 2.24) is 0 Å². The fourth-order valence-electron chi connectivity index (χ4n) is 5.27. The van der Waals surface area contributed by atoms with E-state index in [-0.39, 0.29) is 24.0 Å². The molecule has 2 aliphatic rings. The number of allylic oxidation sites excluding steroid dienone is 2. The third-order valence-electron chi connectivity index (χ3n) is 7.39. The van der Waals surface area contributed by atoms with Crippen molar-refractivity contribution in [2.75, 3.05) is 6.61 Å². The van der Waals surface area contributed by atoms with Crippen molar-refractivity contribution in [2.24, 2.45) is 23.7 Å². The third-order valence-corrected chi connectivity index (χ3v) is 7.39. The minimum absolute atomic E-state index is 0.174. The molecular weight excluding hydrogens is 422 g/mol. The smallest absolute Gasteiger partial charge is 0.314 e. The Bertz CT molecular complexity index is 776. The number of ether oxygens (including phenoxy) is 2. The number of esters is 1. The summed E-state index contributed by atoms with van der Waals surface area (Å²) in [4.78, 5) is 12.5. The van der Waals surface area contributed by atoms with Gasteiger partial charge in [0.25, 0.3) is 0 Å². The highest BCUT2D eigenvalue weighted by atomic mass is 19.2. The molecule has 0 saturated heterocycles. The Morgan fingerprint density at radius 1 is 0.879 bits per heavy atom. The number of hydrogen-bond donors (Lipinski definition) is 0. The predicted octanol–water partition coefficient (Wildman–Crippen LogP) is 8.02. The lowest BCUT2D eigenvalue weighted by atomic mass is 9.78. The van der Waals surface area contributed by atoms with Crippen LogP contribution >= 0.6 is 0 Å². The summed E-state index contributed by atoms with van der Waals surface area (Å²) in [6.45, 7) is 4.19. The number of hydrogen-bond acceptors (Lipinski definition) is 3. The minimum Gasteiger partial charge on any atom is -0.491 e. The molecule has 2 fully saturated rings. The Kier molecular flexibility index (Phi) is 10.2. The lowest BCUT2D eigenvalue weighted by Gasteiger charge is -2.28. The molecule has 184 valence electrons. The van der Waals surface area contributed by atoms with Crippen LogP contribution in [0.4, 0.5) is 8.78 Å². The van der Waals surface area contributed by atoms with Crippen LogP contribution in [0.25, 0.3) is 0 Å². The summed E-state index contributed by atoms with van der Waals surface area (Å²) in [6.07, 6.45) is 18.9. The Hall–Kier alpha value is -1.91. The molecular formula is C28H40F2O3. The van der Waals surface area contributed by atoms with Crippen molar-refractivity contribution in [1.29, 1.82) is 0 Å². The van der Waals surface area contributed by atoms with Gasteiger partial charge in [0.1, 0.15) is 0 Å². The fraction of sp³-hybridized carbons (Fsp3) is 0.679. The molecule has 2 saturated carbocycles. The Morgan fingerprint density at radius 3 is 2.06 bits per heavy atom. The first kappa shape index (κ1) is 25.7. The van der Waals surface area contributed by atoms with Gasteiger partial charge in [0, 0.05) is 0 Å². The summed E-state index contributed by atoms with van der Waals surface area (Å²) < 4.78 is 38.5. The monoisotopic (exact) mass is 462 g/mol. The molecule has 0 aliphatic heterocycles. The summed E-state index contributed by atoms with van der Waals surface area (Å²) >= 11 is 0. The summed E-state index contributed by atoms with van der Waals surface area (Å²) in [7, 11) is 0. The minimum atomic E-state index is -1.17. The van der Waals surface area contributed by atoms with Gasteiger partial charge in [0.15, 0.2) is 11.5 Å². The highest BCUT2D eigenvalue weighted by Crippen LogP contribution is 2.35. The maximum absolute atomic E-state index is 14.2. The van der Waals surface area contributed by atoms with Crippen molar-refractivity contribution >= 4 is 5.97 Å². The van der Waals surface area contributed by atoms with Gasteiger partial charge in [0.2, 0.25) is 11.6 Å². The van der Waals surface area contributed by atoms with Crippen LogP contribution in [0.2, 0.25) is 0 Å². The molecule has 33 heavy (non-hydrogen) atoms. The molecule has 3 nitrogen and oxygen atoms in total. The number of carbonyl (C=O) groups is 1. The zero-order chi connectivity index (χ0) is 23.6. The van der Waals surface area contributed by atoms with Crippen LogP contribution in [-0.2, 0) is 4.79 Å². The molecule has 0 N–H and O–H groups in total. The number of unbranched alkanes of at least 4 members (excludes halogenated alkanes) is 2.